The predicted molar refractivity (Wildman–Crippen MR) is 68.9 cm³/mol. The van der Waals surface area contributed by atoms with Crippen LogP contribution in [0.5, 0.6) is 0 Å². The molecule has 0 atom stereocenters. The van der Waals surface area contributed by atoms with E-state index in [9.17, 15) is 9.59 Å². The fourth-order valence-electron chi connectivity index (χ4n) is 2.10. The molecule has 104 valence electrons. The molecule has 1 aliphatic rings. The van der Waals surface area contributed by atoms with E-state index in [4.69, 9.17) is 11.5 Å². The first-order valence-corrected chi connectivity index (χ1v) is 6.36. The molecule has 3 amide bonds. The number of rotatable bonds is 5. The topological polar surface area (TPSA) is 105 Å². The van der Waals surface area contributed by atoms with Crippen molar-refractivity contribution in [3.8, 4) is 0 Å². The quantitative estimate of drug-likeness (QED) is 0.558. The monoisotopic (exact) mass is 257 g/mol. The van der Waals surface area contributed by atoms with E-state index >= 15 is 0 Å². The molecular formula is C11H23N5O2. The number of hydrogen-bond acceptors (Lipinski definition) is 5. The molecule has 7 heteroatoms. The Morgan fingerprint density at radius 3 is 2.44 bits per heavy atom. The van der Waals surface area contributed by atoms with Crippen LogP contribution in [0.25, 0.3) is 0 Å². The Morgan fingerprint density at radius 2 is 1.78 bits per heavy atom. The van der Waals surface area contributed by atoms with Gasteiger partial charge in [-0.15, -0.1) is 0 Å². The second-order valence-corrected chi connectivity index (χ2v) is 4.53. The second-order valence-electron chi connectivity index (χ2n) is 4.53. The molecule has 0 aromatic rings. The van der Waals surface area contributed by atoms with E-state index < -0.39 is 6.03 Å². The van der Waals surface area contributed by atoms with Crippen LogP contribution in [0.1, 0.15) is 12.8 Å². The van der Waals surface area contributed by atoms with Gasteiger partial charge in [0.15, 0.2) is 0 Å². The highest BCUT2D eigenvalue weighted by Crippen LogP contribution is 2.03. The molecule has 0 aromatic heterocycles. The second kappa shape index (κ2) is 8.02. The first kappa shape index (κ1) is 14.9. The molecule has 1 fully saturated rings. The van der Waals surface area contributed by atoms with Gasteiger partial charge < -0.3 is 16.4 Å². The van der Waals surface area contributed by atoms with Crippen molar-refractivity contribution in [2.45, 2.75) is 12.8 Å². The summed E-state index contributed by atoms with van der Waals surface area (Å²) in [6.07, 6.45) is 2.02. The molecule has 0 radical (unpaired) electrons. The molecule has 0 unspecified atom stereocenters. The third kappa shape index (κ3) is 5.95. The molecule has 1 saturated heterocycles. The van der Waals surface area contributed by atoms with Crippen molar-refractivity contribution < 1.29 is 9.59 Å². The number of primary amides is 1. The fourth-order valence-corrected chi connectivity index (χ4v) is 2.10. The third-order valence-electron chi connectivity index (χ3n) is 2.99. The van der Waals surface area contributed by atoms with Gasteiger partial charge in [-0.2, -0.15) is 0 Å². The molecule has 0 aliphatic carbocycles. The van der Waals surface area contributed by atoms with Crippen LogP contribution in [0, 0.1) is 0 Å². The van der Waals surface area contributed by atoms with Gasteiger partial charge in [-0.05, 0) is 39.0 Å². The molecule has 0 saturated carbocycles. The lowest BCUT2D eigenvalue weighted by Gasteiger charge is -2.20. The Bertz CT molecular complexity index is 285. The summed E-state index contributed by atoms with van der Waals surface area (Å²) in [5.41, 5.74) is 10.4. The highest BCUT2D eigenvalue weighted by atomic mass is 16.2. The number of carbonyl (C=O) groups excluding carboxylic acids is 2. The summed E-state index contributed by atoms with van der Waals surface area (Å²) >= 11 is 0. The van der Waals surface area contributed by atoms with Crippen LogP contribution >= 0.6 is 0 Å². The lowest BCUT2D eigenvalue weighted by Crippen LogP contribution is -2.43. The fraction of sp³-hybridized carbons (Fsp3) is 0.818. The average molecular weight is 257 g/mol. The minimum Gasteiger partial charge on any atom is -0.351 e. The summed E-state index contributed by atoms with van der Waals surface area (Å²) in [5, 5.41) is 2.08. The molecule has 7 nitrogen and oxygen atoms in total. The summed E-state index contributed by atoms with van der Waals surface area (Å²) in [6.45, 7) is 5.62. The maximum absolute atomic E-state index is 11.4. The van der Waals surface area contributed by atoms with E-state index in [1.165, 1.54) is 0 Å². The van der Waals surface area contributed by atoms with Crippen molar-refractivity contribution in [3.05, 3.63) is 0 Å². The molecule has 0 aromatic carbocycles. The SMILES string of the molecule is NCCCN1CCCN(CC(=O)NC(N)=O)CC1. The summed E-state index contributed by atoms with van der Waals surface area (Å²) in [6, 6.07) is -0.792. The smallest absolute Gasteiger partial charge is 0.318 e. The number of imide groups is 1. The molecule has 18 heavy (non-hydrogen) atoms. The molecule has 0 spiro atoms. The summed E-state index contributed by atoms with van der Waals surface area (Å²) in [5.74, 6) is -0.335. The van der Waals surface area contributed by atoms with E-state index in [-0.39, 0.29) is 12.5 Å². The normalized spacial score (nSPS) is 18.3. The van der Waals surface area contributed by atoms with E-state index in [1.54, 1.807) is 0 Å². The number of hydrogen-bond donors (Lipinski definition) is 3. The summed E-state index contributed by atoms with van der Waals surface area (Å²) < 4.78 is 0. The average Bonchev–Trinajstić information content (AvgIpc) is 2.51. The lowest BCUT2D eigenvalue weighted by atomic mass is 10.3. The Kier molecular flexibility index (Phi) is 6.63. The highest BCUT2D eigenvalue weighted by Gasteiger charge is 2.17. The van der Waals surface area contributed by atoms with Crippen LogP contribution in [-0.2, 0) is 4.79 Å². The zero-order chi connectivity index (χ0) is 13.4. The van der Waals surface area contributed by atoms with Crippen LogP contribution in [-0.4, -0.2) is 67.6 Å². The maximum atomic E-state index is 11.4. The largest absolute Gasteiger partial charge is 0.351 e. The van der Waals surface area contributed by atoms with Crippen LogP contribution < -0.4 is 16.8 Å². The first-order chi connectivity index (χ1) is 8.61. The molecule has 1 aliphatic heterocycles. The van der Waals surface area contributed by atoms with Crippen LogP contribution in [0.2, 0.25) is 0 Å². The van der Waals surface area contributed by atoms with Gasteiger partial charge in [-0.1, -0.05) is 0 Å². The van der Waals surface area contributed by atoms with Crippen LogP contribution in [0.3, 0.4) is 0 Å². The van der Waals surface area contributed by atoms with Crippen molar-refractivity contribution in [1.29, 1.82) is 0 Å². The third-order valence-corrected chi connectivity index (χ3v) is 2.99. The van der Waals surface area contributed by atoms with E-state index in [1.807, 2.05) is 4.90 Å². The molecule has 1 heterocycles. The van der Waals surface area contributed by atoms with E-state index in [0.717, 1.165) is 45.6 Å². The summed E-state index contributed by atoms with van der Waals surface area (Å²) in [7, 11) is 0. The van der Waals surface area contributed by atoms with Crippen molar-refractivity contribution >= 4 is 11.9 Å². The minimum absolute atomic E-state index is 0.230. The van der Waals surface area contributed by atoms with Crippen molar-refractivity contribution in [1.82, 2.24) is 15.1 Å². The number of urea groups is 1. The maximum Gasteiger partial charge on any atom is 0.318 e. The number of nitrogens with two attached hydrogens (primary N) is 2. The zero-order valence-corrected chi connectivity index (χ0v) is 10.7. The number of nitrogens with one attached hydrogen (secondary N) is 1. The van der Waals surface area contributed by atoms with Gasteiger partial charge in [0.05, 0.1) is 6.54 Å². The van der Waals surface area contributed by atoms with Gasteiger partial charge >= 0.3 is 6.03 Å². The van der Waals surface area contributed by atoms with Crippen molar-refractivity contribution in [2.24, 2.45) is 11.5 Å². The van der Waals surface area contributed by atoms with Gasteiger partial charge in [0.2, 0.25) is 5.91 Å². The number of amides is 3. The van der Waals surface area contributed by atoms with Gasteiger partial charge in [0, 0.05) is 13.1 Å². The van der Waals surface area contributed by atoms with Crippen molar-refractivity contribution in [2.75, 3.05) is 45.8 Å². The molecule has 0 bridgehead atoms. The predicted octanol–water partition coefficient (Wildman–Crippen LogP) is -1.46. The first-order valence-electron chi connectivity index (χ1n) is 6.36. The Labute approximate surface area is 107 Å². The van der Waals surface area contributed by atoms with E-state index in [2.05, 4.69) is 10.2 Å². The van der Waals surface area contributed by atoms with Gasteiger partial charge in [-0.25, -0.2) is 4.79 Å². The zero-order valence-electron chi connectivity index (χ0n) is 10.7. The Hall–Kier alpha value is -1.18. The Morgan fingerprint density at radius 1 is 1.11 bits per heavy atom. The summed E-state index contributed by atoms with van der Waals surface area (Å²) in [4.78, 5) is 26.3. The van der Waals surface area contributed by atoms with E-state index in [0.29, 0.717) is 6.54 Å². The molecular weight excluding hydrogens is 234 g/mol. The number of nitrogens with zero attached hydrogens (tertiary/aromatic N) is 2. The van der Waals surface area contributed by atoms with Gasteiger partial charge in [0.25, 0.3) is 0 Å². The van der Waals surface area contributed by atoms with Crippen LogP contribution in [0.4, 0.5) is 4.79 Å². The lowest BCUT2D eigenvalue weighted by molar-refractivity contribution is -0.121. The number of carbonyl (C=O) groups is 2. The van der Waals surface area contributed by atoms with Crippen molar-refractivity contribution in [3.63, 3.8) is 0 Å². The van der Waals surface area contributed by atoms with Crippen LogP contribution in [0.15, 0.2) is 0 Å². The minimum atomic E-state index is -0.792. The standard InChI is InChI=1S/C11H23N5O2/c12-3-1-4-15-5-2-6-16(8-7-15)9-10(17)14-11(13)18/h1-9,12H2,(H3,13,14,17,18). The molecule has 5 N–H and O–H groups in total. The van der Waals surface area contributed by atoms with Gasteiger partial charge in [0.1, 0.15) is 0 Å². The van der Waals surface area contributed by atoms with Gasteiger partial charge in [-0.3, -0.25) is 15.0 Å². The molecule has 1 rings (SSSR count). The highest BCUT2D eigenvalue weighted by molar-refractivity contribution is 5.94. The Balaban J connectivity index is 2.28.